The molecule has 0 aliphatic carbocycles. The number of H-pyrrole nitrogens is 1. The molecule has 19 heteroatoms. The number of aromatic nitrogens is 4. The number of phosphoric acid groups is 1. The molecule has 0 bridgehead atoms. The van der Waals surface area contributed by atoms with Gasteiger partial charge in [-0.2, -0.15) is 4.98 Å². The summed E-state index contributed by atoms with van der Waals surface area (Å²) in [5.74, 6) is -2.49. The Bertz CT molecular complexity index is 2480. The summed E-state index contributed by atoms with van der Waals surface area (Å²) in [4.78, 5) is 77.3. The lowest BCUT2D eigenvalue weighted by molar-refractivity contribution is -0.139. The summed E-state index contributed by atoms with van der Waals surface area (Å²) < 4.78 is 26.5. The van der Waals surface area contributed by atoms with E-state index in [2.05, 4.69) is 50.3 Å². The van der Waals surface area contributed by atoms with Crippen molar-refractivity contribution >= 4 is 65.6 Å². The fraction of sp³-hybridized carbons (Fsp3) is 0.158. The molecule has 0 unspecified atom stereocenters. The highest BCUT2D eigenvalue weighted by atomic mass is 31.2. The van der Waals surface area contributed by atoms with Gasteiger partial charge in [0.15, 0.2) is 11.2 Å². The first-order chi connectivity index (χ1) is 27.4. The van der Waals surface area contributed by atoms with Crippen LogP contribution < -0.4 is 26.8 Å². The first-order valence-corrected chi connectivity index (χ1v) is 18.2. The molecule has 0 aliphatic heterocycles. The lowest BCUT2D eigenvalue weighted by Gasteiger charge is -2.14. The molecule has 0 aliphatic rings. The van der Waals surface area contributed by atoms with Crippen LogP contribution in [0.3, 0.4) is 0 Å². The van der Waals surface area contributed by atoms with Crippen LogP contribution in [0.5, 0.6) is 0 Å². The SMILES string of the molecule is C#COP(=O)(OC#C)OCc1ccc(NC(=O)c2ccccc2Nc2nc3ncc(CNc4ccc(C(=O)N[C@@H](CCC(C)=O)C(=O)O)cc4)nc3c(=O)[nH]2)cc1. The number of rotatable bonds is 18. The summed E-state index contributed by atoms with van der Waals surface area (Å²) in [5, 5.41) is 20.6. The summed E-state index contributed by atoms with van der Waals surface area (Å²) in [6.07, 6.45) is 14.9. The summed E-state index contributed by atoms with van der Waals surface area (Å²) in [5.41, 5.74) is 2.18. The van der Waals surface area contributed by atoms with Crippen molar-refractivity contribution in [2.24, 2.45) is 0 Å². The Balaban J connectivity index is 1.19. The number of carboxylic acid groups (broad SMARTS) is 1. The van der Waals surface area contributed by atoms with Gasteiger partial charge in [-0.3, -0.25) is 23.9 Å². The molecule has 5 aromatic rings. The molecular weight excluding hydrogens is 759 g/mol. The van der Waals surface area contributed by atoms with Gasteiger partial charge in [0, 0.05) is 23.4 Å². The molecule has 18 nitrogen and oxygen atoms in total. The van der Waals surface area contributed by atoms with E-state index in [9.17, 15) is 33.6 Å². The van der Waals surface area contributed by atoms with Gasteiger partial charge in [-0.25, -0.2) is 19.3 Å². The van der Waals surface area contributed by atoms with Gasteiger partial charge in [0.1, 0.15) is 24.0 Å². The maximum atomic E-state index is 13.3. The number of Topliss-reactive ketones (excluding diaryl/α,β-unsaturated/α-hetero) is 1. The molecule has 3 aromatic carbocycles. The molecule has 0 saturated heterocycles. The second-order valence-corrected chi connectivity index (χ2v) is 13.5. The number of nitrogens with zero attached hydrogens (tertiary/aromatic N) is 3. The van der Waals surface area contributed by atoms with Gasteiger partial charge in [0.2, 0.25) is 5.95 Å². The van der Waals surface area contributed by atoms with Crippen LogP contribution in [-0.4, -0.2) is 54.7 Å². The van der Waals surface area contributed by atoms with E-state index in [1.807, 2.05) is 0 Å². The Kier molecular flexibility index (Phi) is 13.3. The van der Waals surface area contributed by atoms with E-state index in [4.69, 9.17) is 17.4 Å². The number of fused-ring (bicyclic) bond motifs is 1. The molecule has 6 N–H and O–H groups in total. The van der Waals surface area contributed by atoms with Gasteiger partial charge in [0.05, 0.1) is 36.3 Å². The third-order valence-corrected chi connectivity index (χ3v) is 8.94. The number of nitrogens with one attached hydrogen (secondary N) is 5. The van der Waals surface area contributed by atoms with Gasteiger partial charge in [-0.05, 0) is 67.4 Å². The maximum absolute atomic E-state index is 13.3. The Morgan fingerprint density at radius 1 is 0.930 bits per heavy atom. The van der Waals surface area contributed by atoms with Crippen LogP contribution in [0.2, 0.25) is 0 Å². The molecule has 2 amide bonds. The van der Waals surface area contributed by atoms with Crippen molar-refractivity contribution in [1.29, 1.82) is 0 Å². The van der Waals surface area contributed by atoms with E-state index in [0.29, 0.717) is 28.3 Å². The lowest BCUT2D eigenvalue weighted by Crippen LogP contribution is -2.41. The number of hydrogen-bond acceptors (Lipinski definition) is 14. The van der Waals surface area contributed by atoms with Crippen LogP contribution in [-0.2, 0) is 40.9 Å². The smallest absolute Gasteiger partial charge is 0.480 e. The molecule has 57 heavy (non-hydrogen) atoms. The van der Waals surface area contributed by atoms with Crippen molar-refractivity contribution in [3.63, 3.8) is 0 Å². The summed E-state index contributed by atoms with van der Waals surface area (Å²) in [6, 6.07) is 18.0. The highest BCUT2D eigenvalue weighted by Crippen LogP contribution is 2.49. The van der Waals surface area contributed by atoms with Crippen LogP contribution in [0.25, 0.3) is 11.2 Å². The van der Waals surface area contributed by atoms with Crippen molar-refractivity contribution in [2.75, 3.05) is 16.0 Å². The molecule has 0 radical (unpaired) electrons. The molecule has 290 valence electrons. The average molecular weight is 793 g/mol. The number of anilines is 4. The number of carboxylic acids is 1. The largest absolute Gasteiger partial charge is 0.605 e. The van der Waals surface area contributed by atoms with Crippen LogP contribution >= 0.6 is 7.82 Å². The zero-order valence-corrected chi connectivity index (χ0v) is 30.9. The third-order valence-electron chi connectivity index (χ3n) is 7.83. The van der Waals surface area contributed by atoms with Crippen molar-refractivity contribution in [2.45, 2.75) is 39.0 Å². The van der Waals surface area contributed by atoms with Crippen molar-refractivity contribution < 1.29 is 42.4 Å². The molecule has 0 spiro atoms. The standard InChI is InChI=1S/C38H33N8O10P/c1-4-54-57(53,55-5-2)56-22-24-11-15-27(16-12-24)42-35(49)29-8-6-7-9-30(29)44-38-45-33-32(36(50)46-38)41-28(21-40-33)20-39-26-17-13-25(14-18-26)34(48)43-31(37(51)52)19-10-23(3)47/h1-2,6-9,11-18,21,31,39H,10,19-20,22H2,3H3,(H,42,49)(H,43,48)(H,51,52)(H2,40,44,45,46,50)/t31-/m0/s1. The van der Waals surface area contributed by atoms with E-state index >= 15 is 0 Å². The predicted molar refractivity (Wildman–Crippen MR) is 207 cm³/mol. The second-order valence-electron chi connectivity index (χ2n) is 11.9. The molecule has 2 aromatic heterocycles. The number of amides is 2. The molecule has 0 fully saturated rings. The minimum atomic E-state index is -4.15. The highest BCUT2D eigenvalue weighted by Gasteiger charge is 2.29. The number of carbonyl (C=O) groups excluding carboxylic acids is 3. The Morgan fingerprint density at radius 3 is 2.28 bits per heavy atom. The topological polar surface area (TPSA) is 253 Å². The van der Waals surface area contributed by atoms with Crippen LogP contribution in [0.1, 0.15) is 51.7 Å². The number of terminal acetylenes is 2. The van der Waals surface area contributed by atoms with Gasteiger partial charge >= 0.3 is 13.8 Å². The fourth-order valence-corrected chi connectivity index (χ4v) is 5.74. The van der Waals surface area contributed by atoms with Crippen LogP contribution in [0, 0.1) is 25.1 Å². The van der Waals surface area contributed by atoms with Gasteiger partial charge in [0.25, 0.3) is 17.4 Å². The van der Waals surface area contributed by atoms with Gasteiger partial charge in [-0.15, -0.1) is 0 Å². The highest BCUT2D eigenvalue weighted by molar-refractivity contribution is 7.48. The number of aliphatic carboxylic acids is 1. The zero-order valence-electron chi connectivity index (χ0n) is 30.0. The van der Waals surface area contributed by atoms with E-state index in [1.165, 1.54) is 25.3 Å². The number of carbonyl (C=O) groups is 4. The number of ketones is 1. The molecule has 0 saturated carbocycles. The van der Waals surface area contributed by atoms with E-state index in [0.717, 1.165) is 0 Å². The van der Waals surface area contributed by atoms with Crippen LogP contribution in [0.4, 0.5) is 23.0 Å². The molecular formula is C38H33N8O10P. The van der Waals surface area contributed by atoms with Gasteiger partial charge < -0.3 is 40.2 Å². The number of aromatic amines is 1. The number of hydrogen-bond donors (Lipinski definition) is 6. The number of benzene rings is 3. The quantitative estimate of drug-likeness (QED) is 0.0519. The Morgan fingerprint density at radius 2 is 1.61 bits per heavy atom. The first kappa shape index (κ1) is 40.7. The zero-order chi connectivity index (χ0) is 41.0. The number of phosphoric ester groups is 1. The fourth-order valence-electron chi connectivity index (χ4n) is 5.03. The van der Waals surface area contributed by atoms with E-state index < -0.39 is 37.2 Å². The Labute approximate surface area is 324 Å². The van der Waals surface area contributed by atoms with Crippen molar-refractivity contribution in [1.82, 2.24) is 25.3 Å². The minimum Gasteiger partial charge on any atom is -0.480 e. The van der Waals surface area contributed by atoms with E-state index in [-0.39, 0.29) is 60.0 Å². The summed E-state index contributed by atoms with van der Waals surface area (Å²) in [7, 11) is -4.15. The summed E-state index contributed by atoms with van der Waals surface area (Å²) in [6.45, 7) is 1.29. The van der Waals surface area contributed by atoms with Crippen molar-refractivity contribution in [3.05, 3.63) is 112 Å². The minimum absolute atomic E-state index is 0.00912. The average Bonchev–Trinajstić information content (AvgIpc) is 3.19. The molecule has 2 heterocycles. The Hall–Kier alpha value is -7.53. The van der Waals surface area contributed by atoms with Crippen molar-refractivity contribution in [3.8, 4) is 25.1 Å². The monoisotopic (exact) mass is 792 g/mol. The predicted octanol–water partition coefficient (Wildman–Crippen LogP) is 4.71. The normalized spacial score (nSPS) is 11.3. The number of para-hydroxylation sites is 1. The van der Waals surface area contributed by atoms with E-state index in [1.54, 1.807) is 72.9 Å². The molecule has 1 atom stereocenters. The second kappa shape index (κ2) is 18.7. The van der Waals surface area contributed by atoms with Gasteiger partial charge in [-0.1, -0.05) is 37.1 Å². The van der Waals surface area contributed by atoms with Crippen LogP contribution in [0.15, 0.2) is 83.8 Å². The first-order valence-electron chi connectivity index (χ1n) is 16.8. The summed E-state index contributed by atoms with van der Waals surface area (Å²) >= 11 is 0. The lowest BCUT2D eigenvalue weighted by atomic mass is 10.1. The maximum Gasteiger partial charge on any atom is 0.605 e. The third kappa shape index (κ3) is 11.2. The molecule has 5 rings (SSSR count).